The number of furan rings is 1. The molecule has 3 heterocycles. The van der Waals surface area contributed by atoms with E-state index < -0.39 is 0 Å². The molecule has 20 heavy (non-hydrogen) atoms. The van der Waals surface area contributed by atoms with Crippen molar-refractivity contribution < 1.29 is 13.9 Å². The molecule has 0 radical (unpaired) electrons. The Bertz CT molecular complexity index is 588. The lowest BCUT2D eigenvalue weighted by atomic mass is 10.3. The van der Waals surface area contributed by atoms with E-state index in [2.05, 4.69) is 15.2 Å². The van der Waals surface area contributed by atoms with Crippen LogP contribution in [0.4, 0.5) is 10.1 Å². The lowest BCUT2D eigenvalue weighted by molar-refractivity contribution is -0.114. The van der Waals surface area contributed by atoms with Crippen molar-refractivity contribution in [1.82, 2.24) is 4.98 Å². The number of nitrogens with one attached hydrogen (secondary N) is 1. The second-order valence-electron chi connectivity index (χ2n) is 4.43. The number of carbonyl (C=O) groups is 1. The Kier molecular flexibility index (Phi) is 3.70. The van der Waals surface area contributed by atoms with Crippen molar-refractivity contribution >= 4 is 27.4 Å². The standard InChI is InChI=1S/C13H15N3O3S/c1-9(17)14-13-15-11(10-3-2-6-19-10)12(20-13)16-4-7-18-8-5-16/h2-3,6H,4-5,7-8H2,1H3,(H,14,15,17). The van der Waals surface area contributed by atoms with Gasteiger partial charge in [-0.05, 0) is 12.1 Å². The first-order valence-electron chi connectivity index (χ1n) is 6.39. The summed E-state index contributed by atoms with van der Waals surface area (Å²) in [6.07, 6.45) is 1.62. The fraction of sp³-hybridized carbons (Fsp3) is 0.385. The molecule has 2 aromatic heterocycles. The first-order valence-corrected chi connectivity index (χ1v) is 7.20. The van der Waals surface area contributed by atoms with E-state index in [0.29, 0.717) is 24.1 Å². The highest BCUT2D eigenvalue weighted by atomic mass is 32.1. The van der Waals surface area contributed by atoms with E-state index in [0.717, 1.165) is 23.8 Å². The van der Waals surface area contributed by atoms with Gasteiger partial charge in [0.1, 0.15) is 10.7 Å². The van der Waals surface area contributed by atoms with E-state index in [1.54, 1.807) is 6.26 Å². The molecule has 1 saturated heterocycles. The molecular weight excluding hydrogens is 278 g/mol. The summed E-state index contributed by atoms with van der Waals surface area (Å²) in [5.74, 6) is 0.581. The quantitative estimate of drug-likeness (QED) is 0.939. The van der Waals surface area contributed by atoms with Crippen LogP contribution in [-0.4, -0.2) is 37.2 Å². The zero-order valence-electron chi connectivity index (χ0n) is 11.1. The molecule has 0 atom stereocenters. The zero-order valence-corrected chi connectivity index (χ0v) is 11.9. The number of nitrogens with zero attached hydrogens (tertiary/aromatic N) is 2. The number of morpholine rings is 1. The van der Waals surface area contributed by atoms with Crippen LogP contribution in [0.25, 0.3) is 11.5 Å². The van der Waals surface area contributed by atoms with E-state index in [-0.39, 0.29) is 5.91 Å². The van der Waals surface area contributed by atoms with Gasteiger partial charge in [-0.15, -0.1) is 0 Å². The maximum absolute atomic E-state index is 11.2. The van der Waals surface area contributed by atoms with Gasteiger partial charge in [-0.2, -0.15) is 0 Å². The van der Waals surface area contributed by atoms with Crippen molar-refractivity contribution in [2.45, 2.75) is 6.92 Å². The molecule has 0 aliphatic carbocycles. The Labute approximate surface area is 120 Å². The molecule has 106 valence electrons. The maximum atomic E-state index is 11.2. The average molecular weight is 293 g/mol. The number of ether oxygens (including phenoxy) is 1. The van der Waals surface area contributed by atoms with E-state index in [1.807, 2.05) is 12.1 Å². The van der Waals surface area contributed by atoms with Gasteiger partial charge in [-0.25, -0.2) is 4.98 Å². The minimum absolute atomic E-state index is 0.127. The molecule has 0 saturated carbocycles. The van der Waals surface area contributed by atoms with Crippen molar-refractivity contribution in [3.05, 3.63) is 18.4 Å². The summed E-state index contributed by atoms with van der Waals surface area (Å²) in [7, 11) is 0. The Morgan fingerprint density at radius 1 is 1.45 bits per heavy atom. The number of hydrogen-bond donors (Lipinski definition) is 1. The van der Waals surface area contributed by atoms with Gasteiger partial charge in [0.25, 0.3) is 0 Å². The van der Waals surface area contributed by atoms with Crippen LogP contribution >= 0.6 is 11.3 Å². The summed E-state index contributed by atoms with van der Waals surface area (Å²) in [6, 6.07) is 3.70. The molecule has 2 aromatic rings. The number of anilines is 2. The summed E-state index contributed by atoms with van der Waals surface area (Å²) in [6.45, 7) is 4.50. The molecule has 0 unspecified atom stereocenters. The average Bonchev–Trinajstić information content (AvgIpc) is 3.07. The van der Waals surface area contributed by atoms with E-state index in [9.17, 15) is 4.79 Å². The lowest BCUT2D eigenvalue weighted by Gasteiger charge is -2.27. The summed E-state index contributed by atoms with van der Waals surface area (Å²) in [5.41, 5.74) is 0.769. The molecule has 0 bridgehead atoms. The largest absolute Gasteiger partial charge is 0.463 e. The Hall–Kier alpha value is -1.86. The lowest BCUT2D eigenvalue weighted by Crippen LogP contribution is -2.35. The van der Waals surface area contributed by atoms with Gasteiger partial charge in [-0.3, -0.25) is 4.79 Å². The Morgan fingerprint density at radius 3 is 2.90 bits per heavy atom. The van der Waals surface area contributed by atoms with Gasteiger partial charge in [0.15, 0.2) is 10.9 Å². The number of hydrogen-bond acceptors (Lipinski definition) is 6. The van der Waals surface area contributed by atoms with Gasteiger partial charge in [0.05, 0.1) is 19.5 Å². The molecule has 1 amide bonds. The van der Waals surface area contributed by atoms with Gasteiger partial charge < -0.3 is 19.4 Å². The first-order chi connectivity index (χ1) is 9.74. The van der Waals surface area contributed by atoms with Crippen molar-refractivity contribution in [3.63, 3.8) is 0 Å². The predicted molar refractivity (Wildman–Crippen MR) is 77.2 cm³/mol. The first kappa shape index (κ1) is 13.1. The van der Waals surface area contributed by atoms with E-state index in [4.69, 9.17) is 9.15 Å². The van der Waals surface area contributed by atoms with Crippen LogP contribution in [0.15, 0.2) is 22.8 Å². The second kappa shape index (κ2) is 5.64. The highest BCUT2D eigenvalue weighted by molar-refractivity contribution is 7.20. The number of amides is 1. The molecule has 1 fully saturated rings. The van der Waals surface area contributed by atoms with Crippen molar-refractivity contribution in [3.8, 4) is 11.5 Å². The third kappa shape index (κ3) is 2.68. The summed E-state index contributed by atoms with van der Waals surface area (Å²) in [4.78, 5) is 17.9. The molecule has 6 nitrogen and oxygen atoms in total. The Morgan fingerprint density at radius 2 is 2.25 bits per heavy atom. The third-order valence-corrected chi connectivity index (χ3v) is 3.98. The summed E-state index contributed by atoms with van der Waals surface area (Å²) >= 11 is 1.46. The normalized spacial score (nSPS) is 15.3. The number of rotatable bonds is 3. The van der Waals surface area contributed by atoms with Crippen LogP contribution in [0.3, 0.4) is 0 Å². The van der Waals surface area contributed by atoms with Crippen LogP contribution in [-0.2, 0) is 9.53 Å². The van der Waals surface area contributed by atoms with Crippen LogP contribution in [0.5, 0.6) is 0 Å². The van der Waals surface area contributed by atoms with E-state index >= 15 is 0 Å². The van der Waals surface area contributed by atoms with Crippen LogP contribution in [0.1, 0.15) is 6.92 Å². The van der Waals surface area contributed by atoms with Gasteiger partial charge in [0.2, 0.25) is 5.91 Å². The van der Waals surface area contributed by atoms with Crippen molar-refractivity contribution in [2.75, 3.05) is 36.5 Å². The number of thiazole rings is 1. The van der Waals surface area contributed by atoms with Gasteiger partial charge in [-0.1, -0.05) is 11.3 Å². The highest BCUT2D eigenvalue weighted by Gasteiger charge is 2.22. The van der Waals surface area contributed by atoms with Crippen LogP contribution in [0.2, 0.25) is 0 Å². The molecule has 1 aliphatic rings. The van der Waals surface area contributed by atoms with E-state index in [1.165, 1.54) is 18.3 Å². The Balaban J connectivity index is 1.96. The summed E-state index contributed by atoms with van der Waals surface area (Å²) < 4.78 is 10.8. The number of aromatic nitrogens is 1. The maximum Gasteiger partial charge on any atom is 0.223 e. The fourth-order valence-corrected chi connectivity index (χ4v) is 3.14. The third-order valence-electron chi connectivity index (χ3n) is 2.95. The predicted octanol–water partition coefficient (Wildman–Crippen LogP) is 2.20. The fourth-order valence-electron chi connectivity index (χ4n) is 2.07. The number of carbonyl (C=O) groups excluding carboxylic acids is 1. The van der Waals surface area contributed by atoms with Gasteiger partial charge >= 0.3 is 0 Å². The highest BCUT2D eigenvalue weighted by Crippen LogP contribution is 2.39. The minimum Gasteiger partial charge on any atom is -0.463 e. The summed E-state index contributed by atoms with van der Waals surface area (Å²) in [5, 5.41) is 4.33. The smallest absolute Gasteiger partial charge is 0.223 e. The second-order valence-corrected chi connectivity index (χ2v) is 5.41. The molecule has 7 heteroatoms. The molecule has 1 aliphatic heterocycles. The van der Waals surface area contributed by atoms with Gasteiger partial charge in [0, 0.05) is 20.0 Å². The minimum atomic E-state index is -0.127. The van der Waals surface area contributed by atoms with Crippen LogP contribution in [0, 0.1) is 0 Å². The van der Waals surface area contributed by atoms with Crippen molar-refractivity contribution in [1.29, 1.82) is 0 Å². The zero-order chi connectivity index (χ0) is 13.9. The molecule has 0 aromatic carbocycles. The molecule has 3 rings (SSSR count). The topological polar surface area (TPSA) is 67.6 Å². The molecule has 0 spiro atoms. The monoisotopic (exact) mass is 293 g/mol. The molecular formula is C13H15N3O3S. The SMILES string of the molecule is CC(=O)Nc1nc(-c2ccco2)c(N2CCOCC2)s1. The van der Waals surface area contributed by atoms with Crippen LogP contribution < -0.4 is 10.2 Å². The van der Waals surface area contributed by atoms with Crippen molar-refractivity contribution in [2.24, 2.45) is 0 Å². The molecule has 1 N–H and O–H groups in total.